The summed E-state index contributed by atoms with van der Waals surface area (Å²) in [5, 5.41) is 9.73. The fraction of sp³-hybridized carbons (Fsp3) is 0.464. The van der Waals surface area contributed by atoms with Crippen molar-refractivity contribution in [3.8, 4) is 5.75 Å². The number of carboxylic acid groups (broad SMARTS) is 1. The molecule has 5 rings (SSSR count). The van der Waals surface area contributed by atoms with Crippen molar-refractivity contribution in [1.82, 2.24) is 9.55 Å². The first-order valence-electron chi connectivity index (χ1n) is 12.7. The summed E-state index contributed by atoms with van der Waals surface area (Å²) in [6.45, 7) is 4.01. The van der Waals surface area contributed by atoms with Gasteiger partial charge in [-0.2, -0.15) is 0 Å². The number of carbonyl (C=O) groups excluding carboxylic acids is 1. The summed E-state index contributed by atoms with van der Waals surface area (Å²) in [4.78, 5) is 31.3. The van der Waals surface area contributed by atoms with E-state index in [0.29, 0.717) is 12.8 Å². The van der Waals surface area contributed by atoms with E-state index in [9.17, 15) is 14.7 Å². The van der Waals surface area contributed by atoms with Gasteiger partial charge in [-0.15, -0.1) is 0 Å². The number of aryl methyl sites for hydroxylation is 1. The molecule has 8 nitrogen and oxygen atoms in total. The Labute approximate surface area is 210 Å². The third kappa shape index (κ3) is 4.29. The minimum atomic E-state index is -0.737. The predicted molar refractivity (Wildman–Crippen MR) is 137 cm³/mol. The molecule has 1 aliphatic heterocycles. The maximum absolute atomic E-state index is 12.6. The van der Waals surface area contributed by atoms with Crippen molar-refractivity contribution in [3.05, 3.63) is 53.9 Å². The number of carboxylic acids is 1. The lowest BCUT2D eigenvalue weighted by Gasteiger charge is -2.34. The van der Waals surface area contributed by atoms with E-state index in [1.807, 2.05) is 56.3 Å². The predicted octanol–water partition coefficient (Wildman–Crippen LogP) is 5.90. The molecule has 2 heterocycles. The lowest BCUT2D eigenvalue weighted by atomic mass is 9.85. The second-order valence-corrected chi connectivity index (χ2v) is 9.93. The molecule has 0 spiro atoms. The van der Waals surface area contributed by atoms with Crippen molar-refractivity contribution in [2.75, 3.05) is 12.0 Å². The first-order valence-corrected chi connectivity index (χ1v) is 12.7. The van der Waals surface area contributed by atoms with Gasteiger partial charge in [0.1, 0.15) is 5.75 Å². The van der Waals surface area contributed by atoms with E-state index in [2.05, 4.69) is 4.57 Å². The van der Waals surface area contributed by atoms with Crippen molar-refractivity contribution >= 4 is 28.8 Å². The molecule has 0 saturated heterocycles. The van der Waals surface area contributed by atoms with Gasteiger partial charge in [0.15, 0.2) is 11.9 Å². The molecule has 36 heavy (non-hydrogen) atoms. The molecule has 1 aromatic heterocycles. The van der Waals surface area contributed by atoms with E-state index in [-0.39, 0.29) is 30.2 Å². The fourth-order valence-corrected chi connectivity index (χ4v) is 5.84. The van der Waals surface area contributed by atoms with Crippen molar-refractivity contribution in [2.45, 2.75) is 70.6 Å². The summed E-state index contributed by atoms with van der Waals surface area (Å²) < 4.78 is 13.6. The van der Waals surface area contributed by atoms with Crippen LogP contribution < -0.4 is 9.64 Å². The van der Waals surface area contributed by atoms with Crippen LogP contribution in [0.5, 0.6) is 5.75 Å². The van der Waals surface area contributed by atoms with Crippen LogP contribution in [0.2, 0.25) is 0 Å². The summed E-state index contributed by atoms with van der Waals surface area (Å²) in [5.41, 5.74) is 3.66. The molecule has 0 unspecified atom stereocenters. The molecular formula is C28H33N3O5. The Morgan fingerprint density at radius 3 is 2.61 bits per heavy atom. The van der Waals surface area contributed by atoms with Crippen LogP contribution in [0.15, 0.2) is 42.5 Å². The van der Waals surface area contributed by atoms with E-state index in [0.717, 1.165) is 59.5 Å². The molecule has 2 aliphatic rings. The second kappa shape index (κ2) is 9.84. The van der Waals surface area contributed by atoms with Crippen molar-refractivity contribution in [3.63, 3.8) is 0 Å². The lowest BCUT2D eigenvalue weighted by molar-refractivity contribution is -0.143. The highest BCUT2D eigenvalue weighted by molar-refractivity contribution is 5.95. The third-order valence-electron chi connectivity index (χ3n) is 7.63. The number of hydrogen-bond donors (Lipinski definition) is 1. The van der Waals surface area contributed by atoms with Gasteiger partial charge in [-0.25, -0.2) is 9.78 Å². The summed E-state index contributed by atoms with van der Waals surface area (Å²) >= 11 is 0. The molecule has 1 saturated carbocycles. The molecule has 0 bridgehead atoms. The molecule has 1 aliphatic carbocycles. The minimum Gasteiger partial charge on any atom is -0.483 e. The topological polar surface area (TPSA) is 93.9 Å². The van der Waals surface area contributed by atoms with Crippen LogP contribution in [0.1, 0.15) is 69.5 Å². The van der Waals surface area contributed by atoms with Crippen molar-refractivity contribution < 1.29 is 24.2 Å². The van der Waals surface area contributed by atoms with Crippen LogP contribution in [-0.4, -0.2) is 39.9 Å². The second-order valence-electron chi connectivity index (χ2n) is 9.93. The molecule has 0 radical (unpaired) electrons. The number of anilines is 1. The molecule has 1 N–H and O–H groups in total. The molecule has 8 heteroatoms. The normalized spacial score (nSPS) is 22.6. The van der Waals surface area contributed by atoms with E-state index < -0.39 is 5.97 Å². The minimum absolute atomic E-state index is 0.0129. The maximum Gasteiger partial charge on any atom is 0.414 e. The van der Waals surface area contributed by atoms with E-state index in [1.54, 1.807) is 4.90 Å². The largest absolute Gasteiger partial charge is 0.483 e. The van der Waals surface area contributed by atoms with E-state index in [4.69, 9.17) is 14.5 Å². The van der Waals surface area contributed by atoms with Gasteiger partial charge < -0.3 is 19.1 Å². The molecule has 4 atom stereocenters. The van der Waals surface area contributed by atoms with Crippen molar-refractivity contribution in [1.29, 1.82) is 0 Å². The summed E-state index contributed by atoms with van der Waals surface area (Å²) in [7, 11) is 1.40. The Hall–Kier alpha value is -3.55. The molecule has 190 valence electrons. The molecule has 1 fully saturated rings. The van der Waals surface area contributed by atoms with Gasteiger partial charge in [0, 0.05) is 17.6 Å². The van der Waals surface area contributed by atoms with E-state index >= 15 is 0 Å². The smallest absolute Gasteiger partial charge is 0.414 e. The Balaban J connectivity index is 1.64. The van der Waals surface area contributed by atoms with Gasteiger partial charge in [-0.1, -0.05) is 24.6 Å². The average Bonchev–Trinajstić information content (AvgIpc) is 3.29. The number of nitrogens with zero attached hydrogens (tertiary/aromatic N) is 3. The number of aliphatic carboxylic acids is 1. The number of ether oxygens (including phenoxy) is 2. The van der Waals surface area contributed by atoms with Crippen molar-refractivity contribution in [2.24, 2.45) is 5.92 Å². The van der Waals surface area contributed by atoms with E-state index in [1.165, 1.54) is 7.11 Å². The maximum atomic E-state index is 12.6. The number of fused-ring (bicyclic) bond motifs is 3. The van der Waals surface area contributed by atoms with Gasteiger partial charge in [0.2, 0.25) is 0 Å². The monoisotopic (exact) mass is 491 g/mol. The number of imidazole rings is 1. The Morgan fingerprint density at radius 2 is 1.89 bits per heavy atom. The number of aromatic nitrogens is 2. The Morgan fingerprint density at radius 1 is 1.11 bits per heavy atom. The number of para-hydroxylation sites is 1. The zero-order valence-corrected chi connectivity index (χ0v) is 21.0. The number of methoxy groups -OCH3 is 1. The van der Waals surface area contributed by atoms with Crippen LogP contribution in [0.3, 0.4) is 0 Å². The molecule has 2 aromatic carbocycles. The molecular weight excluding hydrogens is 458 g/mol. The van der Waals surface area contributed by atoms with Gasteiger partial charge in [-0.05, 0) is 70.2 Å². The number of carbonyl (C=O) groups is 2. The number of hydrogen-bond acceptors (Lipinski definition) is 5. The van der Waals surface area contributed by atoms with Crippen LogP contribution in [0, 0.1) is 5.92 Å². The number of rotatable bonds is 5. The fourth-order valence-electron chi connectivity index (χ4n) is 5.84. The highest BCUT2D eigenvalue weighted by Gasteiger charge is 2.35. The number of benzene rings is 2. The van der Waals surface area contributed by atoms with Gasteiger partial charge in [0.25, 0.3) is 0 Å². The Kier molecular flexibility index (Phi) is 6.60. The summed E-state index contributed by atoms with van der Waals surface area (Å²) in [6.07, 6.45) is 3.90. The van der Waals surface area contributed by atoms with Crippen LogP contribution >= 0.6 is 0 Å². The first-order chi connectivity index (χ1) is 17.4. The van der Waals surface area contributed by atoms with Crippen LogP contribution in [-0.2, 0) is 16.0 Å². The molecule has 3 aromatic rings. The lowest BCUT2D eigenvalue weighted by Crippen LogP contribution is -2.42. The van der Waals surface area contributed by atoms with Gasteiger partial charge >= 0.3 is 12.1 Å². The number of amides is 1. The Bertz CT molecular complexity index is 1270. The highest BCUT2D eigenvalue weighted by atomic mass is 16.5. The third-order valence-corrected chi connectivity index (χ3v) is 7.63. The van der Waals surface area contributed by atoms with Crippen LogP contribution in [0.25, 0.3) is 11.0 Å². The summed E-state index contributed by atoms with van der Waals surface area (Å²) in [6, 6.07) is 13.7. The van der Waals surface area contributed by atoms with Gasteiger partial charge in [-0.3, -0.25) is 9.69 Å². The molecule has 1 amide bonds. The zero-order chi connectivity index (χ0) is 25.4. The zero-order valence-electron chi connectivity index (χ0n) is 21.0. The summed E-state index contributed by atoms with van der Waals surface area (Å²) in [5.74, 6) is 0.428. The first kappa shape index (κ1) is 24.2. The average molecular weight is 492 g/mol. The quantitative estimate of drug-likeness (QED) is 0.478. The SMILES string of the molecule is COC(=O)N1c2ccc3c(nc([C@H](C)Oc4ccccc4)n3[C@@H]3CCC[C@@H](C(=O)O)C3)c2CC[C@@H]1C. The highest BCUT2D eigenvalue weighted by Crippen LogP contribution is 2.42. The standard InChI is InChI=1S/C28H33N3O5/c1-17-12-13-22-23(30(17)28(34)35-3)14-15-24-25(22)29-26(18(2)36-21-10-5-4-6-11-21)31(24)20-9-7-8-19(16-20)27(32)33/h4-6,10-11,14-15,17-20H,7-9,12-13,16H2,1-3H3,(H,32,33)/t17-,18-,19+,20+/m0/s1. The van der Waals surface area contributed by atoms with Gasteiger partial charge in [0.05, 0.1) is 29.7 Å². The van der Waals surface area contributed by atoms with Crippen LogP contribution in [0.4, 0.5) is 10.5 Å².